The summed E-state index contributed by atoms with van der Waals surface area (Å²) in [7, 11) is 0. The van der Waals surface area contributed by atoms with Crippen molar-refractivity contribution in [1.82, 2.24) is 5.32 Å². The molecule has 0 heterocycles. The van der Waals surface area contributed by atoms with Crippen LogP contribution in [0.2, 0.25) is 0 Å². The van der Waals surface area contributed by atoms with E-state index in [0.717, 1.165) is 19.0 Å². The van der Waals surface area contributed by atoms with E-state index >= 15 is 0 Å². The fourth-order valence-corrected chi connectivity index (χ4v) is 2.47. The van der Waals surface area contributed by atoms with Crippen LogP contribution >= 0.6 is 0 Å². The zero-order valence-corrected chi connectivity index (χ0v) is 13.2. The van der Waals surface area contributed by atoms with Gasteiger partial charge >= 0.3 is 0 Å². The Morgan fingerprint density at radius 3 is 2.42 bits per heavy atom. The largest absolute Gasteiger partial charge is 0.316 e. The summed E-state index contributed by atoms with van der Waals surface area (Å²) in [5, 5.41) is 3.61. The second kappa shape index (κ2) is 8.37. The van der Waals surface area contributed by atoms with Crippen LogP contribution in [0, 0.1) is 11.3 Å². The highest BCUT2D eigenvalue weighted by Crippen LogP contribution is 2.32. The van der Waals surface area contributed by atoms with Gasteiger partial charge in [-0.25, -0.2) is 0 Å². The highest BCUT2D eigenvalue weighted by Gasteiger charge is 2.27. The molecule has 0 saturated carbocycles. The summed E-state index contributed by atoms with van der Waals surface area (Å²) in [6.45, 7) is 11.7. The van der Waals surface area contributed by atoms with Gasteiger partial charge in [0.1, 0.15) is 0 Å². The van der Waals surface area contributed by atoms with Crippen molar-refractivity contribution in [3.05, 3.63) is 35.9 Å². The van der Waals surface area contributed by atoms with E-state index in [2.05, 4.69) is 63.3 Å². The molecule has 19 heavy (non-hydrogen) atoms. The van der Waals surface area contributed by atoms with Gasteiger partial charge in [-0.05, 0) is 49.1 Å². The Morgan fingerprint density at radius 1 is 1.16 bits per heavy atom. The van der Waals surface area contributed by atoms with Crippen molar-refractivity contribution in [1.29, 1.82) is 0 Å². The third kappa shape index (κ3) is 5.78. The molecule has 1 aromatic rings. The predicted molar refractivity (Wildman–Crippen MR) is 85.5 cm³/mol. The van der Waals surface area contributed by atoms with Crippen LogP contribution in [0.15, 0.2) is 30.3 Å². The normalized spacial score (nSPS) is 14.6. The Kier molecular flexibility index (Phi) is 7.15. The van der Waals surface area contributed by atoms with Gasteiger partial charge in [-0.2, -0.15) is 0 Å². The van der Waals surface area contributed by atoms with Crippen LogP contribution in [-0.4, -0.2) is 13.1 Å². The molecule has 1 rings (SSSR count). The number of hydrogen-bond acceptors (Lipinski definition) is 1. The van der Waals surface area contributed by atoms with Crippen molar-refractivity contribution in [3.8, 4) is 0 Å². The number of aryl methyl sites for hydroxylation is 1. The lowest BCUT2D eigenvalue weighted by molar-refractivity contribution is 0.187. The molecule has 1 heteroatoms. The first-order valence-electron chi connectivity index (χ1n) is 7.83. The fourth-order valence-electron chi connectivity index (χ4n) is 2.47. The maximum Gasteiger partial charge on any atom is 0.000761 e. The molecule has 1 unspecified atom stereocenters. The molecule has 0 saturated heterocycles. The van der Waals surface area contributed by atoms with Crippen LogP contribution in [0.5, 0.6) is 0 Å². The van der Waals surface area contributed by atoms with Crippen molar-refractivity contribution in [2.45, 2.75) is 53.4 Å². The average molecular weight is 261 g/mol. The Bertz CT molecular complexity index is 331. The molecule has 0 fully saturated rings. The molecule has 0 spiro atoms. The van der Waals surface area contributed by atoms with Crippen LogP contribution in [0.1, 0.15) is 52.5 Å². The van der Waals surface area contributed by atoms with Gasteiger partial charge in [-0.1, -0.05) is 58.0 Å². The molecular formula is C18H31N. The third-order valence-corrected chi connectivity index (χ3v) is 4.41. The Balaban J connectivity index is 2.40. The van der Waals surface area contributed by atoms with E-state index in [0.29, 0.717) is 5.41 Å². The lowest BCUT2D eigenvalue weighted by atomic mass is 9.75. The number of nitrogens with one attached hydrogen (secondary N) is 1. The van der Waals surface area contributed by atoms with E-state index in [9.17, 15) is 0 Å². The molecule has 1 atom stereocenters. The first kappa shape index (κ1) is 16.2. The molecule has 0 aliphatic heterocycles. The van der Waals surface area contributed by atoms with Gasteiger partial charge in [0, 0.05) is 6.54 Å². The van der Waals surface area contributed by atoms with Crippen LogP contribution < -0.4 is 5.32 Å². The second-order valence-electron chi connectivity index (χ2n) is 6.32. The minimum atomic E-state index is 0.421. The average Bonchev–Trinajstić information content (AvgIpc) is 2.40. The van der Waals surface area contributed by atoms with Crippen LogP contribution in [0.25, 0.3) is 0 Å². The summed E-state index contributed by atoms with van der Waals surface area (Å²) in [4.78, 5) is 0. The molecule has 0 aliphatic carbocycles. The second-order valence-corrected chi connectivity index (χ2v) is 6.32. The predicted octanol–water partition coefficient (Wildman–Crippen LogP) is 4.67. The van der Waals surface area contributed by atoms with E-state index in [1.807, 2.05) is 0 Å². The van der Waals surface area contributed by atoms with Crippen LogP contribution in [-0.2, 0) is 6.42 Å². The highest BCUT2D eigenvalue weighted by molar-refractivity contribution is 5.14. The summed E-state index contributed by atoms with van der Waals surface area (Å²) in [5.41, 5.74) is 1.89. The number of hydrogen-bond donors (Lipinski definition) is 1. The van der Waals surface area contributed by atoms with Crippen molar-refractivity contribution >= 4 is 0 Å². The minimum Gasteiger partial charge on any atom is -0.316 e. The lowest BCUT2D eigenvalue weighted by Gasteiger charge is -2.34. The van der Waals surface area contributed by atoms with Gasteiger partial charge in [0.2, 0.25) is 0 Å². The van der Waals surface area contributed by atoms with Gasteiger partial charge in [0.15, 0.2) is 0 Å². The smallest absolute Gasteiger partial charge is 0.000761 e. The third-order valence-electron chi connectivity index (χ3n) is 4.41. The van der Waals surface area contributed by atoms with Gasteiger partial charge in [0.25, 0.3) is 0 Å². The maximum absolute atomic E-state index is 3.61. The summed E-state index contributed by atoms with van der Waals surface area (Å²) in [6, 6.07) is 10.8. The zero-order valence-electron chi connectivity index (χ0n) is 13.2. The molecule has 108 valence electrons. The zero-order chi connectivity index (χ0) is 14.1. The van der Waals surface area contributed by atoms with Gasteiger partial charge in [0.05, 0.1) is 0 Å². The molecule has 0 aromatic heterocycles. The Morgan fingerprint density at radius 2 is 1.84 bits per heavy atom. The van der Waals surface area contributed by atoms with Crippen molar-refractivity contribution in [2.75, 3.05) is 13.1 Å². The number of benzene rings is 1. The van der Waals surface area contributed by atoms with Crippen molar-refractivity contribution in [2.24, 2.45) is 11.3 Å². The molecule has 1 nitrogen and oxygen atoms in total. The quantitative estimate of drug-likeness (QED) is 0.637. The lowest BCUT2D eigenvalue weighted by Crippen LogP contribution is -2.36. The van der Waals surface area contributed by atoms with Crippen molar-refractivity contribution < 1.29 is 0 Å². The van der Waals surface area contributed by atoms with Gasteiger partial charge in [-0.3, -0.25) is 0 Å². The Labute approximate surface area is 119 Å². The fraction of sp³-hybridized carbons (Fsp3) is 0.667. The SMILES string of the molecule is CCCNCC(C)(CCCc1ccccc1)C(C)C. The van der Waals surface area contributed by atoms with Gasteiger partial charge in [-0.15, -0.1) is 0 Å². The molecule has 1 aromatic carbocycles. The minimum absolute atomic E-state index is 0.421. The standard InChI is InChI=1S/C18H31N/c1-5-14-19-15-18(4,16(2)3)13-9-12-17-10-7-6-8-11-17/h6-8,10-11,16,19H,5,9,12-15H2,1-4H3. The summed E-state index contributed by atoms with van der Waals surface area (Å²) < 4.78 is 0. The van der Waals surface area contributed by atoms with E-state index < -0.39 is 0 Å². The monoisotopic (exact) mass is 261 g/mol. The molecular weight excluding hydrogens is 230 g/mol. The molecule has 0 radical (unpaired) electrons. The summed E-state index contributed by atoms with van der Waals surface area (Å²) in [6.07, 6.45) is 5.01. The van der Waals surface area contributed by atoms with Crippen molar-refractivity contribution in [3.63, 3.8) is 0 Å². The Hall–Kier alpha value is -0.820. The first-order chi connectivity index (χ1) is 9.08. The molecule has 0 aliphatic rings. The maximum atomic E-state index is 3.61. The van der Waals surface area contributed by atoms with Gasteiger partial charge < -0.3 is 5.32 Å². The van der Waals surface area contributed by atoms with Crippen LogP contribution in [0.4, 0.5) is 0 Å². The summed E-state index contributed by atoms with van der Waals surface area (Å²) >= 11 is 0. The molecule has 1 N–H and O–H groups in total. The molecule has 0 amide bonds. The first-order valence-corrected chi connectivity index (χ1v) is 7.83. The van der Waals surface area contributed by atoms with E-state index in [4.69, 9.17) is 0 Å². The van der Waals surface area contributed by atoms with Crippen LogP contribution in [0.3, 0.4) is 0 Å². The van der Waals surface area contributed by atoms with E-state index in [1.54, 1.807) is 0 Å². The molecule has 0 bridgehead atoms. The van der Waals surface area contributed by atoms with E-state index in [1.165, 1.54) is 31.2 Å². The van der Waals surface area contributed by atoms with E-state index in [-0.39, 0.29) is 0 Å². The topological polar surface area (TPSA) is 12.0 Å². The number of rotatable bonds is 9. The highest BCUT2D eigenvalue weighted by atomic mass is 14.9. The summed E-state index contributed by atoms with van der Waals surface area (Å²) in [5.74, 6) is 0.729.